The molecular weight excluding hydrogens is 292 g/mol. The summed E-state index contributed by atoms with van der Waals surface area (Å²) in [6, 6.07) is 0. The van der Waals surface area contributed by atoms with Crippen LogP contribution in [-0.4, -0.2) is 33.4 Å². The standard InChI is InChI=1S/C18H34O3Si/c1-16(2,3)22(4,5)21-15-8-11-18(19-12-13-20-18)14-17(15)9-6-7-10-17/h15H,6-14H2,1-5H3. The Kier molecular flexibility index (Phi) is 4.29. The third-order valence-corrected chi connectivity index (χ3v) is 11.2. The molecule has 2 aliphatic carbocycles. The average molecular weight is 327 g/mol. The lowest BCUT2D eigenvalue weighted by atomic mass is 9.68. The molecule has 3 fully saturated rings. The summed E-state index contributed by atoms with van der Waals surface area (Å²) in [4.78, 5) is 0. The van der Waals surface area contributed by atoms with Gasteiger partial charge in [-0.25, -0.2) is 0 Å². The van der Waals surface area contributed by atoms with Crippen LogP contribution in [0.25, 0.3) is 0 Å². The average Bonchev–Trinajstić information content (AvgIpc) is 3.03. The van der Waals surface area contributed by atoms with Crippen molar-refractivity contribution in [3.05, 3.63) is 0 Å². The summed E-state index contributed by atoms with van der Waals surface area (Å²) in [5.74, 6) is -0.280. The lowest BCUT2D eigenvalue weighted by Crippen LogP contribution is -2.54. The zero-order chi connectivity index (χ0) is 16.1. The summed E-state index contributed by atoms with van der Waals surface area (Å²) in [6.45, 7) is 13.3. The lowest BCUT2D eigenvalue weighted by Gasteiger charge is -2.51. The van der Waals surface area contributed by atoms with E-state index >= 15 is 0 Å². The predicted molar refractivity (Wildman–Crippen MR) is 91.5 cm³/mol. The van der Waals surface area contributed by atoms with Gasteiger partial charge in [-0.1, -0.05) is 33.6 Å². The maximum absolute atomic E-state index is 6.91. The minimum atomic E-state index is -1.72. The van der Waals surface area contributed by atoms with Crippen LogP contribution in [0.2, 0.25) is 18.1 Å². The van der Waals surface area contributed by atoms with Crippen molar-refractivity contribution in [2.75, 3.05) is 13.2 Å². The van der Waals surface area contributed by atoms with Crippen molar-refractivity contribution in [1.29, 1.82) is 0 Å². The van der Waals surface area contributed by atoms with E-state index < -0.39 is 8.32 Å². The van der Waals surface area contributed by atoms with Crippen molar-refractivity contribution in [2.24, 2.45) is 5.41 Å². The second-order valence-corrected chi connectivity index (χ2v) is 14.0. The van der Waals surface area contributed by atoms with E-state index in [1.54, 1.807) is 0 Å². The molecule has 1 heterocycles. The summed E-state index contributed by atoms with van der Waals surface area (Å²) < 4.78 is 19.0. The van der Waals surface area contributed by atoms with Gasteiger partial charge >= 0.3 is 0 Å². The molecule has 0 amide bonds. The van der Waals surface area contributed by atoms with Crippen LogP contribution in [0.5, 0.6) is 0 Å². The van der Waals surface area contributed by atoms with E-state index in [2.05, 4.69) is 33.9 Å². The van der Waals surface area contributed by atoms with Gasteiger partial charge in [0.2, 0.25) is 0 Å². The highest BCUT2D eigenvalue weighted by Gasteiger charge is 2.56. The molecular formula is C18H34O3Si. The Bertz CT molecular complexity index is 401. The predicted octanol–water partition coefficient (Wildman–Crippen LogP) is 4.86. The second-order valence-electron chi connectivity index (χ2n) is 9.26. The van der Waals surface area contributed by atoms with Crippen LogP contribution in [-0.2, 0) is 13.9 Å². The Labute approximate surface area is 137 Å². The van der Waals surface area contributed by atoms with Gasteiger partial charge in [0.25, 0.3) is 0 Å². The van der Waals surface area contributed by atoms with Crippen LogP contribution in [0.4, 0.5) is 0 Å². The molecule has 3 nitrogen and oxygen atoms in total. The molecule has 3 rings (SSSR count). The third kappa shape index (κ3) is 2.92. The fourth-order valence-electron chi connectivity index (χ4n) is 4.43. The van der Waals surface area contributed by atoms with Crippen LogP contribution in [0, 0.1) is 5.41 Å². The van der Waals surface area contributed by atoms with E-state index in [9.17, 15) is 0 Å². The van der Waals surface area contributed by atoms with Crippen molar-refractivity contribution in [3.8, 4) is 0 Å². The summed E-state index contributed by atoms with van der Waals surface area (Å²) >= 11 is 0. The lowest BCUT2D eigenvalue weighted by molar-refractivity contribution is -0.220. The molecule has 4 heteroatoms. The molecule has 1 aliphatic heterocycles. The molecule has 1 unspecified atom stereocenters. The first-order chi connectivity index (χ1) is 10.2. The van der Waals surface area contributed by atoms with Gasteiger partial charge in [0.15, 0.2) is 14.1 Å². The fourth-order valence-corrected chi connectivity index (χ4v) is 5.87. The Morgan fingerprint density at radius 2 is 1.59 bits per heavy atom. The van der Waals surface area contributed by atoms with Crippen molar-refractivity contribution < 1.29 is 13.9 Å². The van der Waals surface area contributed by atoms with Crippen LogP contribution >= 0.6 is 0 Å². The van der Waals surface area contributed by atoms with Gasteiger partial charge in [0, 0.05) is 18.3 Å². The van der Waals surface area contributed by atoms with E-state index in [0.717, 1.165) is 32.5 Å². The first kappa shape index (κ1) is 16.9. The van der Waals surface area contributed by atoms with Crippen LogP contribution in [0.1, 0.15) is 65.7 Å². The largest absolute Gasteiger partial charge is 0.413 e. The van der Waals surface area contributed by atoms with Crippen LogP contribution in [0.3, 0.4) is 0 Å². The minimum Gasteiger partial charge on any atom is -0.413 e. The van der Waals surface area contributed by atoms with Gasteiger partial charge in [-0.2, -0.15) is 0 Å². The Hall–Kier alpha value is 0.0969. The van der Waals surface area contributed by atoms with E-state index in [1.807, 2.05) is 0 Å². The summed E-state index contributed by atoms with van der Waals surface area (Å²) in [6.07, 6.45) is 8.84. The summed E-state index contributed by atoms with van der Waals surface area (Å²) in [5, 5.41) is 0.280. The van der Waals surface area contributed by atoms with Gasteiger partial charge in [0.1, 0.15) is 0 Å². The van der Waals surface area contributed by atoms with E-state index in [4.69, 9.17) is 13.9 Å². The molecule has 22 heavy (non-hydrogen) atoms. The first-order valence-corrected chi connectivity index (χ1v) is 12.0. The summed E-state index contributed by atoms with van der Waals surface area (Å²) in [7, 11) is -1.72. The molecule has 2 saturated carbocycles. The Morgan fingerprint density at radius 1 is 1.00 bits per heavy atom. The first-order valence-electron chi connectivity index (χ1n) is 9.14. The van der Waals surface area contributed by atoms with Gasteiger partial charge < -0.3 is 13.9 Å². The molecule has 0 aromatic rings. The number of hydrogen-bond donors (Lipinski definition) is 0. The highest BCUT2D eigenvalue weighted by Crippen LogP contribution is 2.56. The Morgan fingerprint density at radius 3 is 2.14 bits per heavy atom. The molecule has 128 valence electrons. The van der Waals surface area contributed by atoms with Crippen LogP contribution in [0.15, 0.2) is 0 Å². The number of rotatable bonds is 2. The van der Waals surface area contributed by atoms with Gasteiger partial charge in [0.05, 0.1) is 19.3 Å². The molecule has 3 aliphatic rings. The van der Waals surface area contributed by atoms with Crippen molar-refractivity contribution in [3.63, 3.8) is 0 Å². The third-order valence-electron chi connectivity index (χ3n) is 6.75. The Balaban J connectivity index is 1.79. The van der Waals surface area contributed by atoms with Crippen molar-refractivity contribution in [2.45, 2.75) is 95.7 Å². The molecule has 0 aromatic heterocycles. The van der Waals surface area contributed by atoms with E-state index in [0.29, 0.717) is 11.5 Å². The minimum absolute atomic E-state index is 0.280. The fraction of sp³-hybridized carbons (Fsp3) is 1.00. The zero-order valence-corrected chi connectivity index (χ0v) is 16.2. The molecule has 0 radical (unpaired) electrons. The van der Waals surface area contributed by atoms with Crippen LogP contribution < -0.4 is 0 Å². The zero-order valence-electron chi connectivity index (χ0n) is 15.2. The second kappa shape index (κ2) is 5.57. The van der Waals surface area contributed by atoms with Gasteiger partial charge in [-0.15, -0.1) is 0 Å². The van der Waals surface area contributed by atoms with Crippen molar-refractivity contribution >= 4 is 8.32 Å². The molecule has 0 N–H and O–H groups in total. The SMILES string of the molecule is CC(C)(C)[Si](C)(C)OC1CCC2(CC13CCCC3)OCCO2. The van der Waals surface area contributed by atoms with Gasteiger partial charge in [-0.05, 0) is 37.4 Å². The highest BCUT2D eigenvalue weighted by atomic mass is 28.4. The van der Waals surface area contributed by atoms with Crippen molar-refractivity contribution in [1.82, 2.24) is 0 Å². The quantitative estimate of drug-likeness (QED) is 0.678. The maximum Gasteiger partial charge on any atom is 0.192 e. The molecule has 2 spiro atoms. The van der Waals surface area contributed by atoms with Gasteiger partial charge in [-0.3, -0.25) is 0 Å². The molecule has 1 atom stereocenters. The molecule has 0 bridgehead atoms. The molecule has 1 saturated heterocycles. The van der Waals surface area contributed by atoms with E-state index in [-0.39, 0.29) is 10.8 Å². The molecule has 0 aromatic carbocycles. The highest BCUT2D eigenvalue weighted by molar-refractivity contribution is 6.74. The maximum atomic E-state index is 6.91. The monoisotopic (exact) mass is 326 g/mol. The normalized spacial score (nSPS) is 31.2. The van der Waals surface area contributed by atoms with E-state index in [1.165, 1.54) is 25.7 Å². The smallest absolute Gasteiger partial charge is 0.192 e. The summed E-state index contributed by atoms with van der Waals surface area (Å²) in [5.41, 5.74) is 0.304. The number of ether oxygens (including phenoxy) is 2. The topological polar surface area (TPSA) is 27.7 Å². The number of hydrogen-bond acceptors (Lipinski definition) is 3.